The molecule has 0 aromatic carbocycles. The van der Waals surface area contributed by atoms with Crippen LogP contribution in [0, 0.1) is 0 Å². The summed E-state index contributed by atoms with van der Waals surface area (Å²) < 4.78 is 41.3. The molecular formula is C16H24F3IN4OS. The van der Waals surface area contributed by atoms with Crippen molar-refractivity contribution in [3.05, 3.63) is 23.9 Å². The van der Waals surface area contributed by atoms with Crippen molar-refractivity contribution in [3.63, 3.8) is 0 Å². The van der Waals surface area contributed by atoms with Gasteiger partial charge in [-0.1, -0.05) is 0 Å². The number of pyridine rings is 1. The van der Waals surface area contributed by atoms with Crippen molar-refractivity contribution in [3.8, 4) is 5.88 Å². The highest BCUT2D eigenvalue weighted by molar-refractivity contribution is 14.0. The number of guanidine groups is 1. The van der Waals surface area contributed by atoms with E-state index < -0.39 is 12.8 Å². The number of aliphatic imine (C=N–C) groups is 1. The molecule has 1 fully saturated rings. The number of hydrogen-bond acceptors (Lipinski definition) is 4. The van der Waals surface area contributed by atoms with Gasteiger partial charge in [-0.25, -0.2) is 4.98 Å². The Kier molecular flexibility index (Phi) is 9.83. The van der Waals surface area contributed by atoms with E-state index in [4.69, 9.17) is 0 Å². The van der Waals surface area contributed by atoms with Gasteiger partial charge in [-0.15, -0.1) is 24.0 Å². The molecule has 1 heterocycles. The minimum Gasteiger partial charge on any atom is -0.468 e. The van der Waals surface area contributed by atoms with Gasteiger partial charge in [0.25, 0.3) is 0 Å². The van der Waals surface area contributed by atoms with Gasteiger partial charge in [-0.05, 0) is 37.1 Å². The van der Waals surface area contributed by atoms with Crippen LogP contribution in [0.1, 0.15) is 24.8 Å². The predicted octanol–water partition coefficient (Wildman–Crippen LogP) is 3.59. The lowest BCUT2D eigenvalue weighted by atomic mass is 10.2. The van der Waals surface area contributed by atoms with Crippen LogP contribution in [0.3, 0.4) is 0 Å². The van der Waals surface area contributed by atoms with Crippen LogP contribution < -0.4 is 15.4 Å². The fraction of sp³-hybridized carbons (Fsp3) is 0.625. The molecule has 0 spiro atoms. The summed E-state index contributed by atoms with van der Waals surface area (Å²) in [6, 6.07) is 3.61. The van der Waals surface area contributed by atoms with Crippen molar-refractivity contribution < 1.29 is 17.9 Å². The predicted molar refractivity (Wildman–Crippen MR) is 109 cm³/mol. The highest BCUT2D eigenvalue weighted by atomic mass is 127. The number of nitrogens with zero attached hydrogens (tertiary/aromatic N) is 2. The smallest absolute Gasteiger partial charge is 0.422 e. The van der Waals surface area contributed by atoms with Gasteiger partial charge in [0, 0.05) is 37.1 Å². The number of nitrogens with one attached hydrogen (secondary N) is 2. The number of rotatable bonds is 6. The van der Waals surface area contributed by atoms with E-state index in [1.165, 1.54) is 18.7 Å². The average Bonchev–Trinajstić information content (AvgIpc) is 3.04. The summed E-state index contributed by atoms with van der Waals surface area (Å²) in [6.45, 7) is -0.929. The van der Waals surface area contributed by atoms with E-state index in [1.807, 2.05) is 11.8 Å². The van der Waals surface area contributed by atoms with Gasteiger partial charge in [-0.2, -0.15) is 24.9 Å². The van der Waals surface area contributed by atoms with Crippen molar-refractivity contribution >= 4 is 41.7 Å². The van der Waals surface area contributed by atoms with Crippen LogP contribution in [0.2, 0.25) is 0 Å². The first kappa shape index (κ1) is 23.1. The number of halogens is 4. The van der Waals surface area contributed by atoms with Gasteiger partial charge in [0.15, 0.2) is 12.6 Å². The number of thioether (sulfide) groups is 1. The fourth-order valence-corrected chi connectivity index (χ4v) is 3.45. The molecule has 10 heteroatoms. The van der Waals surface area contributed by atoms with Crippen LogP contribution in [0.5, 0.6) is 5.88 Å². The zero-order valence-corrected chi connectivity index (χ0v) is 17.8. The second kappa shape index (κ2) is 11.1. The fourth-order valence-electron chi connectivity index (χ4n) is 2.65. The minimum atomic E-state index is -4.38. The molecular weight excluding hydrogens is 480 g/mol. The topological polar surface area (TPSA) is 58.5 Å². The van der Waals surface area contributed by atoms with E-state index in [9.17, 15) is 13.2 Å². The van der Waals surface area contributed by atoms with Crippen molar-refractivity contribution in [2.24, 2.45) is 4.99 Å². The summed E-state index contributed by atoms with van der Waals surface area (Å²) in [7, 11) is 1.70. The van der Waals surface area contributed by atoms with E-state index in [-0.39, 0.29) is 29.9 Å². The van der Waals surface area contributed by atoms with Gasteiger partial charge in [-0.3, -0.25) is 4.99 Å². The molecule has 1 aromatic heterocycles. The molecule has 26 heavy (non-hydrogen) atoms. The van der Waals surface area contributed by atoms with Gasteiger partial charge < -0.3 is 15.4 Å². The minimum absolute atomic E-state index is 0. The first-order chi connectivity index (χ1) is 11.9. The Balaban J connectivity index is 0.00000338. The largest absolute Gasteiger partial charge is 0.468 e. The summed E-state index contributed by atoms with van der Waals surface area (Å²) in [5, 5.41) is 7.25. The molecule has 0 saturated heterocycles. The molecule has 5 nitrogen and oxygen atoms in total. The van der Waals surface area contributed by atoms with E-state index in [1.54, 1.807) is 13.1 Å². The van der Waals surface area contributed by atoms with Crippen LogP contribution in [0.4, 0.5) is 13.2 Å². The Hall–Kier alpha value is -0.910. The van der Waals surface area contributed by atoms with Crippen LogP contribution in [-0.4, -0.2) is 48.3 Å². The molecule has 2 N–H and O–H groups in total. The number of ether oxygens (including phenoxy) is 1. The molecule has 0 bridgehead atoms. The van der Waals surface area contributed by atoms with Gasteiger partial charge in [0.2, 0.25) is 5.88 Å². The third-order valence-corrected chi connectivity index (χ3v) is 5.02. The molecule has 0 radical (unpaired) electrons. The lowest BCUT2D eigenvalue weighted by Gasteiger charge is -2.17. The highest BCUT2D eigenvalue weighted by Crippen LogP contribution is 2.28. The Bertz CT molecular complexity index is 589. The molecule has 1 aliphatic rings. The van der Waals surface area contributed by atoms with Gasteiger partial charge in [0.1, 0.15) is 0 Å². The second-order valence-corrected chi connectivity index (χ2v) is 6.98. The van der Waals surface area contributed by atoms with Crippen molar-refractivity contribution in [1.82, 2.24) is 15.6 Å². The Morgan fingerprint density at radius 3 is 2.81 bits per heavy atom. The van der Waals surface area contributed by atoms with Gasteiger partial charge in [0.05, 0.1) is 0 Å². The van der Waals surface area contributed by atoms with Crippen molar-refractivity contribution in [2.75, 3.05) is 19.9 Å². The van der Waals surface area contributed by atoms with Crippen LogP contribution >= 0.6 is 35.7 Å². The summed E-state index contributed by atoms with van der Waals surface area (Å²) in [5.74, 6) is 0.638. The molecule has 2 rings (SSSR count). The lowest BCUT2D eigenvalue weighted by molar-refractivity contribution is -0.154. The Labute approximate surface area is 173 Å². The standard InChI is InChI=1S/C16H23F3N4OS.HI/c1-20-15(23-12-3-4-13(8-12)25-2)22-9-11-5-6-21-14(7-11)24-10-16(17,18)19;/h5-7,12-13H,3-4,8-10H2,1-2H3,(H2,20,22,23);1H. The molecule has 0 amide bonds. The number of alkyl halides is 3. The summed E-state index contributed by atoms with van der Waals surface area (Å²) in [5.41, 5.74) is 0.767. The second-order valence-electron chi connectivity index (χ2n) is 5.84. The molecule has 2 atom stereocenters. The maximum Gasteiger partial charge on any atom is 0.422 e. The lowest BCUT2D eigenvalue weighted by Crippen LogP contribution is -2.42. The monoisotopic (exact) mass is 504 g/mol. The molecule has 1 aromatic rings. The molecule has 1 saturated carbocycles. The quantitative estimate of drug-likeness (QED) is 0.353. The zero-order valence-electron chi connectivity index (χ0n) is 14.7. The van der Waals surface area contributed by atoms with E-state index in [0.29, 0.717) is 23.8 Å². The normalized spacial score (nSPS) is 20.4. The van der Waals surface area contributed by atoms with E-state index >= 15 is 0 Å². The molecule has 2 unspecified atom stereocenters. The molecule has 0 aliphatic heterocycles. The third kappa shape index (κ3) is 8.19. The van der Waals surface area contributed by atoms with Crippen molar-refractivity contribution in [2.45, 2.75) is 43.3 Å². The van der Waals surface area contributed by atoms with Crippen LogP contribution in [0.25, 0.3) is 0 Å². The summed E-state index contributed by atoms with van der Waals surface area (Å²) >= 11 is 1.89. The average molecular weight is 504 g/mol. The Morgan fingerprint density at radius 2 is 2.19 bits per heavy atom. The van der Waals surface area contributed by atoms with Crippen LogP contribution in [0.15, 0.2) is 23.3 Å². The maximum atomic E-state index is 12.2. The first-order valence-corrected chi connectivity index (χ1v) is 9.33. The SMILES string of the molecule is CN=C(NCc1ccnc(OCC(F)(F)F)c1)NC1CCC(SC)C1.I. The Morgan fingerprint density at radius 1 is 1.42 bits per heavy atom. The first-order valence-electron chi connectivity index (χ1n) is 8.04. The summed E-state index contributed by atoms with van der Waals surface area (Å²) in [4.78, 5) is 7.99. The number of hydrogen-bond donors (Lipinski definition) is 2. The number of aromatic nitrogens is 1. The highest BCUT2D eigenvalue weighted by Gasteiger charge is 2.28. The summed E-state index contributed by atoms with van der Waals surface area (Å²) in [6.07, 6.45) is 2.59. The third-order valence-electron chi connectivity index (χ3n) is 3.93. The maximum absolute atomic E-state index is 12.2. The van der Waals surface area contributed by atoms with Crippen LogP contribution in [-0.2, 0) is 6.54 Å². The van der Waals surface area contributed by atoms with Crippen molar-refractivity contribution in [1.29, 1.82) is 0 Å². The van der Waals surface area contributed by atoms with E-state index in [0.717, 1.165) is 18.4 Å². The molecule has 148 valence electrons. The van der Waals surface area contributed by atoms with E-state index in [2.05, 4.69) is 31.6 Å². The van der Waals surface area contributed by atoms with Gasteiger partial charge >= 0.3 is 6.18 Å². The zero-order chi connectivity index (χ0) is 18.3. The molecule has 1 aliphatic carbocycles.